The maximum atomic E-state index is 11.7. The lowest BCUT2D eigenvalue weighted by atomic mass is 9.69. The van der Waals surface area contributed by atoms with Gasteiger partial charge in [-0.1, -0.05) is 22.9 Å². The Bertz CT molecular complexity index is 1020. The number of nitrogens with zero attached hydrogens (tertiary/aromatic N) is 1. The highest BCUT2D eigenvalue weighted by molar-refractivity contribution is 6.23. The number of benzene rings is 1. The zero-order chi connectivity index (χ0) is 24.6. The van der Waals surface area contributed by atoms with Crippen molar-refractivity contribution in [2.45, 2.75) is 101 Å². The number of hydrogen-bond acceptors (Lipinski definition) is 5. The second kappa shape index (κ2) is 9.90. The minimum absolute atomic E-state index is 0.0922. The molecule has 1 heterocycles. The molecule has 2 aromatic rings. The van der Waals surface area contributed by atoms with Crippen LogP contribution in [0.4, 0.5) is 5.69 Å². The van der Waals surface area contributed by atoms with Gasteiger partial charge in [-0.05, 0) is 83.3 Å². The summed E-state index contributed by atoms with van der Waals surface area (Å²) in [6, 6.07) is 5.98. The molecule has 0 saturated heterocycles. The fourth-order valence-electron chi connectivity index (χ4n) is 5.48. The van der Waals surface area contributed by atoms with E-state index in [9.17, 15) is 15.0 Å². The average Bonchev–Trinajstić information content (AvgIpc) is 3.43. The zero-order valence-corrected chi connectivity index (χ0v) is 21.4. The van der Waals surface area contributed by atoms with Crippen molar-refractivity contribution >= 4 is 23.3 Å². The molecule has 2 fully saturated rings. The van der Waals surface area contributed by atoms with Crippen molar-refractivity contribution in [2.24, 2.45) is 5.92 Å². The Morgan fingerprint density at radius 3 is 2.56 bits per heavy atom. The molecule has 0 radical (unpaired) electrons. The van der Waals surface area contributed by atoms with Crippen molar-refractivity contribution in [3.05, 3.63) is 46.3 Å². The first-order chi connectivity index (χ1) is 16.0. The third-order valence-corrected chi connectivity index (χ3v) is 7.32. The van der Waals surface area contributed by atoms with Gasteiger partial charge in [0.15, 0.2) is 0 Å². The second-order valence-corrected chi connectivity index (χ2v) is 12.1. The third-order valence-electron chi connectivity index (χ3n) is 7.17. The molecule has 0 aliphatic heterocycles. The molecule has 186 valence electrons. The molecule has 34 heavy (non-hydrogen) atoms. The maximum Gasteiger partial charge on any atom is 0.304 e. The van der Waals surface area contributed by atoms with E-state index in [1.807, 2.05) is 26.0 Å². The molecular formula is C27H37ClN2O4. The van der Waals surface area contributed by atoms with E-state index in [0.717, 1.165) is 65.9 Å². The summed E-state index contributed by atoms with van der Waals surface area (Å²) in [5, 5.41) is 28.0. The van der Waals surface area contributed by atoms with E-state index >= 15 is 0 Å². The number of aryl methyl sites for hydroxylation is 2. The Kier molecular flexibility index (Phi) is 7.30. The standard InChI is InChI=1S/C27H37ClN2O4/c1-15-5-8-21(16(2)9-15)29-22(31)12-19(13-23(32)33)25-24(18-6-7-18)26(34-30-25)20-10-17(11-20)14-27(3,4)28/h5,8-9,17-20,22,29,31H,6-7,10-14H2,1-4H3,(H,32,33)/t17-,19-,20+,22?/m1/s1. The highest BCUT2D eigenvalue weighted by Crippen LogP contribution is 2.53. The van der Waals surface area contributed by atoms with Crippen molar-refractivity contribution in [2.75, 3.05) is 5.32 Å². The SMILES string of the molecule is Cc1ccc(NC(O)C[C@H](CC(=O)O)c2noc([C@H]3C[C@@H](CC(C)(C)Cl)C3)c2C2CC2)c(C)c1. The number of halogens is 1. The number of nitrogens with one attached hydrogen (secondary N) is 1. The Morgan fingerprint density at radius 2 is 1.97 bits per heavy atom. The summed E-state index contributed by atoms with van der Waals surface area (Å²) in [5.41, 5.74) is 4.87. The van der Waals surface area contributed by atoms with Crippen molar-refractivity contribution < 1.29 is 19.5 Å². The van der Waals surface area contributed by atoms with Crippen LogP contribution >= 0.6 is 11.6 Å². The quantitative estimate of drug-likeness (QED) is 0.248. The molecule has 0 spiro atoms. The molecule has 1 aromatic heterocycles. The van der Waals surface area contributed by atoms with Crippen molar-refractivity contribution in [1.82, 2.24) is 5.16 Å². The van der Waals surface area contributed by atoms with Crippen LogP contribution in [0.3, 0.4) is 0 Å². The molecule has 2 aliphatic carbocycles. The lowest BCUT2D eigenvalue weighted by molar-refractivity contribution is -0.137. The molecule has 1 aromatic carbocycles. The van der Waals surface area contributed by atoms with Gasteiger partial charge >= 0.3 is 5.97 Å². The fourth-order valence-corrected chi connectivity index (χ4v) is 5.70. The van der Waals surface area contributed by atoms with Crippen LogP contribution in [0.25, 0.3) is 0 Å². The fraction of sp³-hybridized carbons (Fsp3) is 0.630. The Morgan fingerprint density at radius 1 is 1.26 bits per heavy atom. The summed E-state index contributed by atoms with van der Waals surface area (Å²) in [4.78, 5) is 11.5. The second-order valence-electron chi connectivity index (χ2n) is 11.1. The van der Waals surface area contributed by atoms with Gasteiger partial charge in [0.2, 0.25) is 0 Å². The monoisotopic (exact) mass is 488 g/mol. The summed E-state index contributed by atoms with van der Waals surface area (Å²) in [7, 11) is 0. The molecule has 6 nitrogen and oxygen atoms in total. The number of carboxylic acid groups (broad SMARTS) is 1. The van der Waals surface area contributed by atoms with Crippen LogP contribution in [0, 0.1) is 19.8 Å². The van der Waals surface area contributed by atoms with Gasteiger partial charge in [0.05, 0.1) is 12.1 Å². The molecule has 3 N–H and O–H groups in total. The molecule has 2 aliphatic rings. The van der Waals surface area contributed by atoms with Crippen LogP contribution in [0.15, 0.2) is 22.7 Å². The van der Waals surface area contributed by atoms with Crippen LogP contribution in [0.1, 0.15) is 105 Å². The first-order valence-corrected chi connectivity index (χ1v) is 12.8. The predicted octanol–water partition coefficient (Wildman–Crippen LogP) is 6.45. The largest absolute Gasteiger partial charge is 0.481 e. The van der Waals surface area contributed by atoms with E-state index in [1.165, 1.54) is 0 Å². The molecule has 2 saturated carbocycles. The number of carboxylic acids is 1. The summed E-state index contributed by atoms with van der Waals surface area (Å²) < 4.78 is 5.90. The van der Waals surface area contributed by atoms with E-state index in [-0.39, 0.29) is 17.7 Å². The number of aromatic nitrogens is 1. The Labute approximate surface area is 207 Å². The van der Waals surface area contributed by atoms with E-state index in [1.54, 1.807) is 0 Å². The van der Waals surface area contributed by atoms with Gasteiger partial charge < -0.3 is 20.1 Å². The molecule has 1 unspecified atom stereocenters. The van der Waals surface area contributed by atoms with E-state index < -0.39 is 18.1 Å². The molecule has 0 amide bonds. The number of aliphatic hydroxyl groups is 1. The van der Waals surface area contributed by atoms with Gasteiger partial charge in [-0.3, -0.25) is 4.79 Å². The number of alkyl halides is 1. The number of hydrogen-bond donors (Lipinski definition) is 3. The van der Waals surface area contributed by atoms with E-state index in [0.29, 0.717) is 17.8 Å². The number of aliphatic carboxylic acids is 1. The van der Waals surface area contributed by atoms with Gasteiger partial charge in [-0.25, -0.2) is 0 Å². The van der Waals surface area contributed by atoms with Crippen LogP contribution in [-0.2, 0) is 4.79 Å². The normalized spacial score (nSPS) is 22.2. The number of carbonyl (C=O) groups is 1. The van der Waals surface area contributed by atoms with Crippen LogP contribution in [0.5, 0.6) is 0 Å². The van der Waals surface area contributed by atoms with E-state index in [4.69, 9.17) is 16.1 Å². The summed E-state index contributed by atoms with van der Waals surface area (Å²) in [6.45, 7) is 8.12. The van der Waals surface area contributed by atoms with Gasteiger partial charge in [-0.2, -0.15) is 0 Å². The van der Waals surface area contributed by atoms with Crippen LogP contribution in [0.2, 0.25) is 0 Å². The van der Waals surface area contributed by atoms with Crippen molar-refractivity contribution in [3.63, 3.8) is 0 Å². The number of aliphatic hydroxyl groups excluding tert-OH is 1. The molecule has 0 bridgehead atoms. The minimum Gasteiger partial charge on any atom is -0.481 e. The summed E-state index contributed by atoms with van der Waals surface area (Å²) >= 11 is 6.42. The Hall–Kier alpha value is -2.05. The van der Waals surface area contributed by atoms with Crippen molar-refractivity contribution in [3.8, 4) is 0 Å². The van der Waals surface area contributed by atoms with Gasteiger partial charge in [0.1, 0.15) is 12.0 Å². The number of anilines is 1. The number of rotatable bonds is 11. The Balaban J connectivity index is 1.50. The van der Waals surface area contributed by atoms with Gasteiger partial charge in [0, 0.05) is 34.4 Å². The summed E-state index contributed by atoms with van der Waals surface area (Å²) in [6.07, 6.45) is 4.46. The van der Waals surface area contributed by atoms with Crippen LogP contribution in [-0.4, -0.2) is 32.4 Å². The zero-order valence-electron chi connectivity index (χ0n) is 20.6. The first kappa shape index (κ1) is 25.1. The van der Waals surface area contributed by atoms with Crippen LogP contribution < -0.4 is 5.32 Å². The summed E-state index contributed by atoms with van der Waals surface area (Å²) in [5.74, 6) is 0.912. The van der Waals surface area contributed by atoms with E-state index in [2.05, 4.69) is 30.4 Å². The molecule has 2 atom stereocenters. The van der Waals surface area contributed by atoms with Gasteiger partial charge in [-0.15, -0.1) is 11.6 Å². The highest BCUT2D eigenvalue weighted by Gasteiger charge is 2.42. The maximum absolute atomic E-state index is 11.7. The predicted molar refractivity (Wildman–Crippen MR) is 134 cm³/mol. The molecule has 4 rings (SSSR count). The lowest BCUT2D eigenvalue weighted by Gasteiger charge is -2.37. The van der Waals surface area contributed by atoms with Gasteiger partial charge in [0.25, 0.3) is 0 Å². The molecular weight excluding hydrogens is 452 g/mol. The topological polar surface area (TPSA) is 95.6 Å². The smallest absolute Gasteiger partial charge is 0.304 e. The highest BCUT2D eigenvalue weighted by atomic mass is 35.5. The molecule has 7 heteroatoms. The first-order valence-electron chi connectivity index (χ1n) is 12.4. The lowest BCUT2D eigenvalue weighted by Crippen LogP contribution is -2.28. The average molecular weight is 489 g/mol. The van der Waals surface area contributed by atoms with Crippen molar-refractivity contribution in [1.29, 1.82) is 0 Å². The minimum atomic E-state index is -0.900. The third kappa shape index (κ3) is 6.14.